The van der Waals surface area contributed by atoms with Crippen LogP contribution in [0.2, 0.25) is 5.02 Å². The molecule has 2 atom stereocenters. The Morgan fingerprint density at radius 2 is 1.94 bits per heavy atom. The molecule has 0 bridgehead atoms. The first-order chi connectivity index (χ1) is 8.38. The Hall–Kier alpha value is -0.600. The summed E-state index contributed by atoms with van der Waals surface area (Å²) in [4.78, 5) is 0. The summed E-state index contributed by atoms with van der Waals surface area (Å²) in [5.41, 5.74) is 6.89. The zero-order valence-corrected chi connectivity index (χ0v) is 11.8. The second kappa shape index (κ2) is 5.18. The quantitative estimate of drug-likeness (QED) is 0.857. The number of rotatable bonds is 2. The van der Waals surface area contributed by atoms with E-state index < -0.39 is 0 Å². The first-order valence-electron chi connectivity index (χ1n) is 6.61. The Labute approximate surface area is 114 Å². The Morgan fingerprint density at radius 1 is 1.33 bits per heavy atom. The van der Waals surface area contributed by atoms with Crippen molar-refractivity contribution in [3.05, 3.63) is 34.6 Å². The average Bonchev–Trinajstić information content (AvgIpc) is 2.20. The lowest BCUT2D eigenvalue weighted by molar-refractivity contribution is 0.181. The van der Waals surface area contributed by atoms with Crippen LogP contribution in [0.3, 0.4) is 0 Å². The molecule has 18 heavy (non-hydrogen) atoms. The molecule has 2 unspecified atom stereocenters. The van der Waals surface area contributed by atoms with Crippen molar-refractivity contribution < 1.29 is 4.39 Å². The molecule has 1 fully saturated rings. The maximum atomic E-state index is 13.8. The zero-order valence-electron chi connectivity index (χ0n) is 11.0. The van der Waals surface area contributed by atoms with Crippen LogP contribution >= 0.6 is 11.6 Å². The number of hydrogen-bond donors (Lipinski definition) is 1. The second-order valence-electron chi connectivity index (χ2n) is 6.13. The van der Waals surface area contributed by atoms with Gasteiger partial charge in [-0.05, 0) is 55.2 Å². The minimum atomic E-state index is -0.272. The Morgan fingerprint density at radius 3 is 2.50 bits per heavy atom. The molecule has 0 aromatic heterocycles. The lowest BCUT2D eigenvalue weighted by Crippen LogP contribution is -2.48. The van der Waals surface area contributed by atoms with E-state index in [4.69, 9.17) is 17.3 Å². The van der Waals surface area contributed by atoms with E-state index in [-0.39, 0.29) is 11.4 Å². The standard InChI is InChI=1S/C15H21ClFN/c1-10-5-11(2)8-15(18,7-10)9-12-3-4-13(16)6-14(12)17/h3-4,6,10-11H,5,7-9,18H2,1-2H3. The molecule has 2 rings (SSSR count). The first-order valence-corrected chi connectivity index (χ1v) is 6.98. The van der Waals surface area contributed by atoms with Gasteiger partial charge in [0.15, 0.2) is 0 Å². The molecule has 0 radical (unpaired) electrons. The topological polar surface area (TPSA) is 26.0 Å². The Kier molecular flexibility index (Phi) is 3.98. The first kappa shape index (κ1) is 13.8. The summed E-state index contributed by atoms with van der Waals surface area (Å²) in [5, 5.41) is 0.438. The molecular formula is C15H21ClFN. The van der Waals surface area contributed by atoms with Gasteiger partial charge in [-0.15, -0.1) is 0 Å². The van der Waals surface area contributed by atoms with E-state index >= 15 is 0 Å². The van der Waals surface area contributed by atoms with Crippen molar-refractivity contribution in [2.75, 3.05) is 0 Å². The third-order valence-corrected chi connectivity index (χ3v) is 4.11. The Bertz CT molecular complexity index is 423. The fourth-order valence-corrected chi connectivity index (χ4v) is 3.67. The van der Waals surface area contributed by atoms with Crippen LogP contribution < -0.4 is 5.73 Å². The van der Waals surface area contributed by atoms with Crippen LogP contribution in [0.5, 0.6) is 0 Å². The second-order valence-corrected chi connectivity index (χ2v) is 6.57. The summed E-state index contributed by atoms with van der Waals surface area (Å²) in [5.74, 6) is 1.00. The third kappa shape index (κ3) is 3.24. The number of nitrogens with two attached hydrogens (primary N) is 1. The van der Waals surface area contributed by atoms with Crippen LogP contribution in [0.25, 0.3) is 0 Å². The zero-order chi connectivity index (χ0) is 13.3. The van der Waals surface area contributed by atoms with Gasteiger partial charge in [0.1, 0.15) is 5.82 Å². The molecule has 100 valence electrons. The molecular weight excluding hydrogens is 249 g/mol. The van der Waals surface area contributed by atoms with Gasteiger partial charge >= 0.3 is 0 Å². The van der Waals surface area contributed by atoms with Gasteiger partial charge in [0.2, 0.25) is 0 Å². The molecule has 3 heteroatoms. The van der Waals surface area contributed by atoms with E-state index in [0.717, 1.165) is 12.8 Å². The molecule has 1 aliphatic carbocycles. The number of halogens is 2. The lowest BCUT2D eigenvalue weighted by atomic mass is 9.70. The van der Waals surface area contributed by atoms with Gasteiger partial charge in [-0.2, -0.15) is 0 Å². The predicted molar refractivity (Wildman–Crippen MR) is 74.2 cm³/mol. The minimum Gasteiger partial charge on any atom is -0.325 e. The summed E-state index contributed by atoms with van der Waals surface area (Å²) >= 11 is 5.77. The maximum Gasteiger partial charge on any atom is 0.127 e. The molecule has 1 aromatic carbocycles. The van der Waals surface area contributed by atoms with E-state index in [1.807, 2.05) is 0 Å². The smallest absolute Gasteiger partial charge is 0.127 e. The van der Waals surface area contributed by atoms with Crippen LogP contribution in [0.1, 0.15) is 38.7 Å². The van der Waals surface area contributed by atoms with Crippen molar-refractivity contribution in [1.82, 2.24) is 0 Å². The summed E-state index contributed by atoms with van der Waals surface area (Å²) < 4.78 is 13.8. The molecule has 0 spiro atoms. The fraction of sp³-hybridized carbons (Fsp3) is 0.600. The van der Waals surface area contributed by atoms with Crippen molar-refractivity contribution in [3.8, 4) is 0 Å². The third-order valence-electron chi connectivity index (χ3n) is 3.87. The molecule has 1 nitrogen and oxygen atoms in total. The maximum absolute atomic E-state index is 13.8. The van der Waals surface area contributed by atoms with E-state index in [0.29, 0.717) is 28.8 Å². The van der Waals surface area contributed by atoms with Crippen molar-refractivity contribution in [2.45, 2.75) is 45.1 Å². The van der Waals surface area contributed by atoms with E-state index in [1.54, 1.807) is 12.1 Å². The van der Waals surface area contributed by atoms with Gasteiger partial charge in [-0.1, -0.05) is 31.5 Å². The van der Waals surface area contributed by atoms with Crippen LogP contribution in [-0.4, -0.2) is 5.54 Å². The molecule has 2 N–H and O–H groups in total. The van der Waals surface area contributed by atoms with Gasteiger partial charge in [-0.25, -0.2) is 4.39 Å². The van der Waals surface area contributed by atoms with Crippen LogP contribution in [0, 0.1) is 17.7 Å². The molecule has 1 aromatic rings. The fourth-order valence-electron chi connectivity index (χ4n) is 3.51. The van der Waals surface area contributed by atoms with Crippen molar-refractivity contribution in [3.63, 3.8) is 0 Å². The molecule has 0 amide bonds. The van der Waals surface area contributed by atoms with Gasteiger partial charge in [0.25, 0.3) is 0 Å². The van der Waals surface area contributed by atoms with E-state index in [9.17, 15) is 4.39 Å². The van der Waals surface area contributed by atoms with Gasteiger partial charge in [0, 0.05) is 10.6 Å². The number of hydrogen-bond acceptors (Lipinski definition) is 1. The minimum absolute atomic E-state index is 0.238. The summed E-state index contributed by atoms with van der Waals surface area (Å²) in [7, 11) is 0. The molecule has 1 aliphatic rings. The van der Waals surface area contributed by atoms with Gasteiger partial charge in [-0.3, -0.25) is 0 Å². The summed E-state index contributed by atoms with van der Waals surface area (Å²) in [6.07, 6.45) is 3.77. The highest BCUT2D eigenvalue weighted by molar-refractivity contribution is 6.30. The van der Waals surface area contributed by atoms with Gasteiger partial charge < -0.3 is 5.73 Å². The predicted octanol–water partition coefficient (Wildman–Crippen LogP) is 4.18. The van der Waals surface area contributed by atoms with E-state index in [1.165, 1.54) is 12.5 Å². The molecule has 0 saturated heterocycles. The highest BCUT2D eigenvalue weighted by atomic mass is 35.5. The highest BCUT2D eigenvalue weighted by Crippen LogP contribution is 2.36. The van der Waals surface area contributed by atoms with Crippen molar-refractivity contribution >= 4 is 11.6 Å². The average molecular weight is 270 g/mol. The van der Waals surface area contributed by atoms with Crippen molar-refractivity contribution in [2.24, 2.45) is 17.6 Å². The van der Waals surface area contributed by atoms with Crippen LogP contribution in [0.4, 0.5) is 4.39 Å². The molecule has 0 heterocycles. The Balaban J connectivity index is 2.16. The summed E-state index contributed by atoms with van der Waals surface area (Å²) in [6.45, 7) is 4.46. The lowest BCUT2D eigenvalue weighted by Gasteiger charge is -2.40. The van der Waals surface area contributed by atoms with Gasteiger partial charge in [0.05, 0.1) is 0 Å². The SMILES string of the molecule is CC1CC(C)CC(N)(Cc2ccc(Cl)cc2F)C1. The molecule has 0 aliphatic heterocycles. The van der Waals surface area contributed by atoms with Crippen LogP contribution in [0.15, 0.2) is 18.2 Å². The number of benzene rings is 1. The molecule has 1 saturated carbocycles. The highest BCUT2D eigenvalue weighted by Gasteiger charge is 2.35. The normalized spacial score (nSPS) is 32.5. The van der Waals surface area contributed by atoms with Crippen molar-refractivity contribution in [1.29, 1.82) is 0 Å². The van der Waals surface area contributed by atoms with Crippen LogP contribution in [-0.2, 0) is 6.42 Å². The summed E-state index contributed by atoms with van der Waals surface area (Å²) in [6, 6.07) is 4.87. The largest absolute Gasteiger partial charge is 0.325 e. The monoisotopic (exact) mass is 269 g/mol. The van der Waals surface area contributed by atoms with E-state index in [2.05, 4.69) is 13.8 Å².